The van der Waals surface area contributed by atoms with Gasteiger partial charge in [0.05, 0.1) is 43.7 Å². The van der Waals surface area contributed by atoms with Gasteiger partial charge in [-0.3, -0.25) is 9.59 Å². The Bertz CT molecular complexity index is 1420. The van der Waals surface area contributed by atoms with Crippen molar-refractivity contribution in [1.29, 1.82) is 5.26 Å². The van der Waals surface area contributed by atoms with Crippen LogP contribution in [0.3, 0.4) is 0 Å². The summed E-state index contributed by atoms with van der Waals surface area (Å²) in [6.45, 7) is 8.09. The van der Waals surface area contributed by atoms with Crippen LogP contribution in [0.25, 0.3) is 11.3 Å². The summed E-state index contributed by atoms with van der Waals surface area (Å²) < 4.78 is 11.4. The smallest absolute Gasteiger partial charge is 0.251 e. The summed E-state index contributed by atoms with van der Waals surface area (Å²) in [5, 5.41) is 17.4. The standard InChI is InChI=1S/C29H31N5O4S/c1-18-12-34(13-19(2)38-18)23-6-4-5-20(9-23)25-15-39-28(32-25)33-26(35)11-31-27(36)21-7-8-22-14-37-17-29(3,16-30)24(22)10-21/h4-10,15,18-19H,11-14,17H2,1-3H3,(H,31,36)(H,32,33,35)/t18-,19+,29-/m1/s1. The van der Waals surface area contributed by atoms with Crippen LogP contribution in [-0.4, -0.2) is 55.2 Å². The molecule has 2 aliphatic heterocycles. The third-order valence-corrected chi connectivity index (χ3v) is 7.71. The minimum Gasteiger partial charge on any atom is -0.375 e. The van der Waals surface area contributed by atoms with E-state index in [1.807, 2.05) is 17.5 Å². The molecule has 1 fully saturated rings. The van der Waals surface area contributed by atoms with Crippen LogP contribution in [0, 0.1) is 11.3 Å². The van der Waals surface area contributed by atoms with E-state index in [1.54, 1.807) is 25.1 Å². The number of morpholine rings is 1. The molecule has 39 heavy (non-hydrogen) atoms. The van der Waals surface area contributed by atoms with Crippen molar-refractivity contribution in [3.05, 3.63) is 64.5 Å². The molecule has 10 heteroatoms. The first-order valence-electron chi connectivity index (χ1n) is 12.9. The van der Waals surface area contributed by atoms with Gasteiger partial charge in [-0.2, -0.15) is 5.26 Å². The van der Waals surface area contributed by atoms with Crippen molar-refractivity contribution in [3.63, 3.8) is 0 Å². The van der Waals surface area contributed by atoms with Gasteiger partial charge < -0.3 is 25.0 Å². The van der Waals surface area contributed by atoms with Crippen molar-refractivity contribution in [2.24, 2.45) is 0 Å². The van der Waals surface area contributed by atoms with E-state index in [-0.39, 0.29) is 37.2 Å². The summed E-state index contributed by atoms with van der Waals surface area (Å²) in [7, 11) is 0. The molecular weight excluding hydrogens is 514 g/mol. The third kappa shape index (κ3) is 5.96. The Morgan fingerprint density at radius 3 is 2.77 bits per heavy atom. The van der Waals surface area contributed by atoms with E-state index in [9.17, 15) is 14.9 Å². The number of anilines is 2. The van der Waals surface area contributed by atoms with E-state index in [0.29, 0.717) is 17.3 Å². The second kappa shape index (κ2) is 11.1. The number of nitrogens with zero attached hydrogens (tertiary/aromatic N) is 3. The molecular formula is C29H31N5O4S. The second-order valence-electron chi connectivity index (χ2n) is 10.3. The van der Waals surface area contributed by atoms with Gasteiger partial charge in [0.25, 0.3) is 5.91 Å². The zero-order valence-corrected chi connectivity index (χ0v) is 23.0. The molecule has 1 saturated heterocycles. The Morgan fingerprint density at radius 2 is 2.00 bits per heavy atom. The Kier molecular flexibility index (Phi) is 7.66. The number of nitrogens with one attached hydrogen (secondary N) is 2. The Balaban J connectivity index is 1.19. The van der Waals surface area contributed by atoms with Crippen LogP contribution in [0.15, 0.2) is 47.8 Å². The molecule has 3 heterocycles. The van der Waals surface area contributed by atoms with Gasteiger partial charge in [0.2, 0.25) is 5.91 Å². The fraction of sp³-hybridized carbons (Fsp3) is 0.379. The summed E-state index contributed by atoms with van der Waals surface area (Å²) in [4.78, 5) is 32.2. The summed E-state index contributed by atoms with van der Waals surface area (Å²) in [5.41, 5.74) is 4.10. The number of carbonyl (C=O) groups is 2. The lowest BCUT2D eigenvalue weighted by atomic mass is 9.79. The molecule has 2 aromatic carbocycles. The fourth-order valence-electron chi connectivity index (χ4n) is 5.03. The average Bonchev–Trinajstić information content (AvgIpc) is 3.40. The number of nitriles is 1. The molecule has 3 atom stereocenters. The SMILES string of the molecule is C[C@@H]1CN(c2cccc(-c3csc(NC(=O)CNC(=O)c4ccc5c(c4)[C@](C)(C#N)COC5)n3)c2)C[C@H](C)O1. The van der Waals surface area contributed by atoms with E-state index >= 15 is 0 Å². The van der Waals surface area contributed by atoms with Gasteiger partial charge in [-0.15, -0.1) is 11.3 Å². The second-order valence-corrected chi connectivity index (χ2v) is 11.1. The molecule has 2 N–H and O–H groups in total. The molecule has 9 nitrogen and oxygen atoms in total. The van der Waals surface area contributed by atoms with E-state index in [2.05, 4.69) is 52.6 Å². The number of aromatic nitrogens is 1. The normalized spacial score (nSPS) is 22.5. The van der Waals surface area contributed by atoms with E-state index < -0.39 is 5.41 Å². The van der Waals surface area contributed by atoms with E-state index in [1.165, 1.54) is 11.3 Å². The first-order valence-corrected chi connectivity index (χ1v) is 13.8. The molecule has 0 radical (unpaired) electrons. The number of fused-ring (bicyclic) bond motifs is 1. The molecule has 0 aliphatic carbocycles. The van der Waals surface area contributed by atoms with Crippen LogP contribution in [0.5, 0.6) is 0 Å². The molecule has 2 aliphatic rings. The molecule has 2 amide bonds. The number of ether oxygens (including phenoxy) is 2. The minimum absolute atomic E-state index is 0.165. The van der Waals surface area contributed by atoms with Crippen molar-refractivity contribution in [1.82, 2.24) is 10.3 Å². The monoisotopic (exact) mass is 545 g/mol. The quantitative estimate of drug-likeness (QED) is 0.479. The average molecular weight is 546 g/mol. The molecule has 0 spiro atoms. The largest absolute Gasteiger partial charge is 0.375 e. The van der Waals surface area contributed by atoms with Gasteiger partial charge >= 0.3 is 0 Å². The number of hydrogen-bond donors (Lipinski definition) is 2. The Labute approximate surface area is 231 Å². The maximum absolute atomic E-state index is 12.7. The van der Waals surface area contributed by atoms with Gasteiger partial charge in [-0.05, 0) is 56.2 Å². The molecule has 1 aromatic heterocycles. The van der Waals surface area contributed by atoms with Gasteiger partial charge in [0.1, 0.15) is 5.41 Å². The number of thiazole rings is 1. The van der Waals surface area contributed by atoms with Gasteiger partial charge in [-0.25, -0.2) is 4.98 Å². The van der Waals surface area contributed by atoms with Gasteiger partial charge in [-0.1, -0.05) is 18.2 Å². The zero-order chi connectivity index (χ0) is 27.6. The van der Waals surface area contributed by atoms with Crippen LogP contribution in [0.4, 0.5) is 10.8 Å². The number of rotatable bonds is 6. The van der Waals surface area contributed by atoms with Crippen molar-refractivity contribution in [3.8, 4) is 17.3 Å². The van der Waals surface area contributed by atoms with Crippen LogP contribution in [-0.2, 0) is 26.3 Å². The summed E-state index contributed by atoms with van der Waals surface area (Å²) in [5.74, 6) is -0.759. The number of amides is 2. The molecule has 0 saturated carbocycles. The van der Waals surface area contributed by atoms with E-state index in [4.69, 9.17) is 9.47 Å². The summed E-state index contributed by atoms with van der Waals surface area (Å²) in [6, 6.07) is 15.7. The predicted molar refractivity (Wildman–Crippen MR) is 150 cm³/mol. The number of hydrogen-bond acceptors (Lipinski definition) is 8. The molecule has 3 aromatic rings. The van der Waals surface area contributed by atoms with Crippen molar-refractivity contribution >= 4 is 34.0 Å². The third-order valence-electron chi connectivity index (χ3n) is 6.95. The molecule has 0 unspecified atom stereocenters. The van der Waals surface area contributed by atoms with Crippen molar-refractivity contribution < 1.29 is 19.1 Å². The number of carbonyl (C=O) groups excluding carboxylic acids is 2. The van der Waals surface area contributed by atoms with Crippen molar-refractivity contribution in [2.45, 2.75) is 45.0 Å². The summed E-state index contributed by atoms with van der Waals surface area (Å²) in [6.07, 6.45) is 0.331. The first kappa shape index (κ1) is 26.8. The lowest BCUT2D eigenvalue weighted by Gasteiger charge is -2.37. The van der Waals surface area contributed by atoms with Crippen LogP contribution >= 0.6 is 11.3 Å². The predicted octanol–water partition coefficient (Wildman–Crippen LogP) is 4.10. The molecule has 5 rings (SSSR count). The highest BCUT2D eigenvalue weighted by Crippen LogP contribution is 2.33. The van der Waals surface area contributed by atoms with Gasteiger partial charge in [0, 0.05) is 35.3 Å². The molecule has 0 bridgehead atoms. The van der Waals surface area contributed by atoms with Gasteiger partial charge in [0.15, 0.2) is 5.13 Å². The van der Waals surface area contributed by atoms with Crippen molar-refractivity contribution in [2.75, 3.05) is 36.5 Å². The highest BCUT2D eigenvalue weighted by atomic mass is 32.1. The lowest BCUT2D eigenvalue weighted by Crippen LogP contribution is -2.45. The summed E-state index contributed by atoms with van der Waals surface area (Å²) >= 11 is 1.33. The lowest BCUT2D eigenvalue weighted by molar-refractivity contribution is -0.115. The topological polar surface area (TPSA) is 117 Å². The van der Waals surface area contributed by atoms with E-state index in [0.717, 1.165) is 41.2 Å². The van der Waals surface area contributed by atoms with Crippen LogP contribution < -0.4 is 15.5 Å². The highest BCUT2D eigenvalue weighted by Gasteiger charge is 2.33. The zero-order valence-electron chi connectivity index (χ0n) is 22.2. The Hall–Kier alpha value is -3.78. The maximum Gasteiger partial charge on any atom is 0.251 e. The highest BCUT2D eigenvalue weighted by molar-refractivity contribution is 7.14. The van der Waals surface area contributed by atoms with Crippen LogP contribution in [0.1, 0.15) is 42.3 Å². The fourth-order valence-corrected chi connectivity index (χ4v) is 5.77. The Morgan fingerprint density at radius 1 is 1.21 bits per heavy atom. The first-order chi connectivity index (χ1) is 18.7. The maximum atomic E-state index is 12.7. The number of benzene rings is 2. The molecule has 202 valence electrons. The minimum atomic E-state index is -0.817. The van der Waals surface area contributed by atoms with Crippen LogP contribution in [0.2, 0.25) is 0 Å².